The van der Waals surface area contributed by atoms with Crippen molar-refractivity contribution in [3.8, 4) is 11.5 Å². The number of pyridine rings is 1. The van der Waals surface area contributed by atoms with Crippen LogP contribution >= 0.6 is 0 Å². The number of rotatable bonds is 5. The van der Waals surface area contributed by atoms with Crippen molar-refractivity contribution in [1.82, 2.24) is 25.1 Å². The zero-order valence-electron chi connectivity index (χ0n) is 15.4. The van der Waals surface area contributed by atoms with Gasteiger partial charge in [0, 0.05) is 43.3 Å². The van der Waals surface area contributed by atoms with E-state index in [0.717, 1.165) is 55.4 Å². The van der Waals surface area contributed by atoms with Crippen LogP contribution in [0.1, 0.15) is 25.5 Å². The summed E-state index contributed by atoms with van der Waals surface area (Å²) in [6.07, 6.45) is 6.40. The molecule has 0 bridgehead atoms. The Balaban J connectivity index is 1.48. The van der Waals surface area contributed by atoms with Gasteiger partial charge >= 0.3 is 0 Å². The Morgan fingerprint density at radius 1 is 1.07 bits per heavy atom. The number of hydrogen-bond donors (Lipinski definition) is 1. The Hall–Kier alpha value is -3.09. The molecule has 0 spiro atoms. The second-order valence-corrected chi connectivity index (χ2v) is 6.62. The molecule has 3 aromatic heterocycles. The highest BCUT2D eigenvalue weighted by molar-refractivity contribution is 5.54. The number of anilines is 2. The van der Waals surface area contributed by atoms with Crippen LogP contribution in [0.5, 0.6) is 0 Å². The monoisotopic (exact) mass is 361 g/mol. The van der Waals surface area contributed by atoms with Crippen LogP contribution < -0.4 is 10.2 Å². The molecular formula is C20H23N7. The van der Waals surface area contributed by atoms with Crippen molar-refractivity contribution in [1.29, 1.82) is 0 Å². The lowest BCUT2D eigenvalue weighted by molar-refractivity contribution is 0.521. The van der Waals surface area contributed by atoms with Crippen LogP contribution in [-0.4, -0.2) is 44.3 Å². The van der Waals surface area contributed by atoms with Crippen LogP contribution in [0.25, 0.3) is 11.5 Å². The Morgan fingerprint density at radius 3 is 2.67 bits per heavy atom. The first-order chi connectivity index (χ1) is 13.3. The van der Waals surface area contributed by atoms with Crippen molar-refractivity contribution in [2.24, 2.45) is 0 Å². The van der Waals surface area contributed by atoms with Crippen molar-refractivity contribution >= 4 is 11.6 Å². The zero-order valence-corrected chi connectivity index (χ0v) is 15.4. The fourth-order valence-electron chi connectivity index (χ4n) is 3.28. The second kappa shape index (κ2) is 8.07. The van der Waals surface area contributed by atoms with Crippen molar-refractivity contribution in [2.45, 2.75) is 32.2 Å². The Labute approximate surface area is 158 Å². The van der Waals surface area contributed by atoms with E-state index in [9.17, 15) is 0 Å². The number of hydrogen-bond acceptors (Lipinski definition) is 7. The molecule has 0 radical (unpaired) electrons. The van der Waals surface area contributed by atoms with Gasteiger partial charge in [0.2, 0.25) is 0 Å². The smallest absolute Gasteiger partial charge is 0.180 e. The summed E-state index contributed by atoms with van der Waals surface area (Å²) >= 11 is 0. The van der Waals surface area contributed by atoms with Crippen LogP contribution in [0.2, 0.25) is 0 Å². The summed E-state index contributed by atoms with van der Waals surface area (Å²) in [6.45, 7) is 4.00. The molecule has 4 heterocycles. The normalized spacial score (nSPS) is 14.9. The second-order valence-electron chi connectivity index (χ2n) is 6.62. The minimum absolute atomic E-state index is 0.403. The average Bonchev–Trinajstić information content (AvgIpc) is 2.75. The Bertz CT molecular complexity index is 862. The molecule has 0 aliphatic carbocycles. The van der Waals surface area contributed by atoms with Crippen LogP contribution in [0, 0.1) is 0 Å². The van der Waals surface area contributed by atoms with E-state index in [2.05, 4.69) is 43.4 Å². The van der Waals surface area contributed by atoms with Gasteiger partial charge in [0.1, 0.15) is 17.3 Å². The van der Waals surface area contributed by atoms with E-state index in [1.54, 1.807) is 12.4 Å². The van der Waals surface area contributed by atoms with Gasteiger partial charge in [0.05, 0.1) is 0 Å². The molecule has 0 amide bonds. The summed E-state index contributed by atoms with van der Waals surface area (Å²) < 4.78 is 0. The highest BCUT2D eigenvalue weighted by Crippen LogP contribution is 2.23. The molecule has 1 aliphatic rings. The molecule has 3 aromatic rings. The van der Waals surface area contributed by atoms with E-state index in [4.69, 9.17) is 4.98 Å². The lowest BCUT2D eigenvalue weighted by Crippen LogP contribution is -2.39. The van der Waals surface area contributed by atoms with Crippen LogP contribution in [-0.2, 0) is 6.42 Å². The molecule has 7 nitrogen and oxygen atoms in total. The van der Waals surface area contributed by atoms with Gasteiger partial charge in [-0.3, -0.25) is 4.98 Å². The summed E-state index contributed by atoms with van der Waals surface area (Å²) in [5.41, 5.74) is 1.86. The lowest BCUT2D eigenvalue weighted by Gasteiger charge is -2.33. The summed E-state index contributed by atoms with van der Waals surface area (Å²) in [5, 5.41) is 11.5. The predicted octanol–water partition coefficient (Wildman–Crippen LogP) is 2.97. The summed E-state index contributed by atoms with van der Waals surface area (Å²) in [5.74, 6) is 2.52. The summed E-state index contributed by atoms with van der Waals surface area (Å²) in [4.78, 5) is 16.2. The van der Waals surface area contributed by atoms with Crippen LogP contribution in [0.15, 0.2) is 48.8 Å². The van der Waals surface area contributed by atoms with E-state index < -0.39 is 0 Å². The molecule has 1 N–H and O–H groups in total. The number of nitrogens with zero attached hydrogens (tertiary/aromatic N) is 6. The Morgan fingerprint density at radius 2 is 1.96 bits per heavy atom. The first kappa shape index (κ1) is 17.3. The van der Waals surface area contributed by atoms with Gasteiger partial charge in [0.25, 0.3) is 0 Å². The standard InChI is InChI=1S/C20H23N7/c1-2-15-14-19(25-20(24-15)17-6-3-4-10-21-17)27-12-8-16(9-13-27)23-18-7-5-11-22-26-18/h3-7,10-11,14,16H,2,8-9,12-13H2,1H3,(H,23,26). The number of aryl methyl sites for hydroxylation is 1. The van der Waals surface area contributed by atoms with E-state index >= 15 is 0 Å². The molecule has 1 fully saturated rings. The molecule has 138 valence electrons. The highest BCUT2D eigenvalue weighted by Gasteiger charge is 2.21. The van der Waals surface area contributed by atoms with E-state index in [0.29, 0.717) is 11.9 Å². The van der Waals surface area contributed by atoms with Crippen molar-refractivity contribution < 1.29 is 0 Å². The minimum atomic E-state index is 0.403. The number of piperidine rings is 1. The average molecular weight is 361 g/mol. The first-order valence-corrected chi connectivity index (χ1v) is 9.40. The van der Waals surface area contributed by atoms with E-state index in [1.807, 2.05) is 30.3 Å². The van der Waals surface area contributed by atoms with E-state index in [1.165, 1.54) is 0 Å². The third-order valence-electron chi connectivity index (χ3n) is 4.77. The molecular weight excluding hydrogens is 338 g/mol. The zero-order chi connectivity index (χ0) is 18.5. The summed E-state index contributed by atoms with van der Waals surface area (Å²) in [7, 11) is 0. The largest absolute Gasteiger partial charge is 0.366 e. The van der Waals surface area contributed by atoms with Gasteiger partial charge < -0.3 is 10.2 Å². The van der Waals surface area contributed by atoms with Gasteiger partial charge in [-0.15, -0.1) is 5.10 Å². The fraction of sp³-hybridized carbons (Fsp3) is 0.350. The lowest BCUT2D eigenvalue weighted by atomic mass is 10.0. The van der Waals surface area contributed by atoms with E-state index in [-0.39, 0.29) is 0 Å². The fourth-order valence-corrected chi connectivity index (χ4v) is 3.28. The van der Waals surface area contributed by atoms with Gasteiger partial charge in [-0.25, -0.2) is 9.97 Å². The molecule has 4 rings (SSSR count). The molecule has 1 aliphatic heterocycles. The topological polar surface area (TPSA) is 79.7 Å². The maximum atomic E-state index is 4.79. The highest BCUT2D eigenvalue weighted by atomic mass is 15.2. The predicted molar refractivity (Wildman–Crippen MR) is 106 cm³/mol. The van der Waals surface area contributed by atoms with Gasteiger partial charge in [-0.2, -0.15) is 5.10 Å². The van der Waals surface area contributed by atoms with Crippen LogP contribution in [0.4, 0.5) is 11.6 Å². The number of nitrogens with one attached hydrogen (secondary N) is 1. The van der Waals surface area contributed by atoms with Gasteiger partial charge in [-0.05, 0) is 43.5 Å². The maximum absolute atomic E-state index is 4.79. The van der Waals surface area contributed by atoms with Crippen LogP contribution in [0.3, 0.4) is 0 Å². The SMILES string of the molecule is CCc1cc(N2CCC(Nc3cccnn3)CC2)nc(-c2ccccn2)n1. The first-order valence-electron chi connectivity index (χ1n) is 9.40. The van der Waals surface area contributed by atoms with Crippen molar-refractivity contribution in [3.63, 3.8) is 0 Å². The Kier molecular flexibility index (Phi) is 5.18. The molecule has 7 heteroatoms. The third-order valence-corrected chi connectivity index (χ3v) is 4.77. The minimum Gasteiger partial charge on any atom is -0.366 e. The molecule has 0 aromatic carbocycles. The molecule has 0 unspecified atom stereocenters. The third kappa shape index (κ3) is 4.19. The molecule has 27 heavy (non-hydrogen) atoms. The molecule has 0 saturated carbocycles. The van der Waals surface area contributed by atoms with Gasteiger partial charge in [0.15, 0.2) is 5.82 Å². The van der Waals surface area contributed by atoms with Crippen molar-refractivity contribution in [2.75, 3.05) is 23.3 Å². The van der Waals surface area contributed by atoms with Gasteiger partial charge in [-0.1, -0.05) is 13.0 Å². The summed E-state index contributed by atoms with van der Waals surface area (Å²) in [6, 6.07) is 12.2. The van der Waals surface area contributed by atoms with Crippen molar-refractivity contribution in [3.05, 3.63) is 54.5 Å². The molecule has 1 saturated heterocycles. The number of aromatic nitrogens is 5. The molecule has 0 atom stereocenters. The quantitative estimate of drug-likeness (QED) is 0.748. The maximum Gasteiger partial charge on any atom is 0.180 e.